The standard InChI is InChI=1S/C12H11BrO2/c1-15-12(14)7-9-3-2-8-6-10(13)4-5-11(8)9/h4-7H,2-3H2,1H3/b9-7-. The third kappa shape index (κ3) is 2.12. The second kappa shape index (κ2) is 4.19. The van der Waals surface area contributed by atoms with Crippen molar-refractivity contribution in [2.24, 2.45) is 0 Å². The summed E-state index contributed by atoms with van der Waals surface area (Å²) in [5.41, 5.74) is 3.53. The molecule has 1 aliphatic rings. The van der Waals surface area contributed by atoms with E-state index in [2.05, 4.69) is 26.7 Å². The Morgan fingerprint density at radius 1 is 1.47 bits per heavy atom. The maximum Gasteiger partial charge on any atom is 0.330 e. The molecule has 0 heterocycles. The predicted molar refractivity (Wildman–Crippen MR) is 62.5 cm³/mol. The number of methoxy groups -OCH3 is 1. The van der Waals surface area contributed by atoms with Crippen LogP contribution in [0.5, 0.6) is 0 Å². The van der Waals surface area contributed by atoms with Gasteiger partial charge in [-0.3, -0.25) is 0 Å². The first-order valence-electron chi connectivity index (χ1n) is 4.78. The average molecular weight is 267 g/mol. The Hall–Kier alpha value is -1.09. The van der Waals surface area contributed by atoms with Crippen LogP contribution in [-0.2, 0) is 16.0 Å². The Morgan fingerprint density at radius 3 is 3.00 bits per heavy atom. The van der Waals surface area contributed by atoms with Gasteiger partial charge in [-0.15, -0.1) is 0 Å². The zero-order valence-corrected chi connectivity index (χ0v) is 10.0. The number of ether oxygens (including phenoxy) is 1. The van der Waals surface area contributed by atoms with Crippen molar-refractivity contribution in [2.45, 2.75) is 12.8 Å². The van der Waals surface area contributed by atoms with Gasteiger partial charge in [0.2, 0.25) is 0 Å². The van der Waals surface area contributed by atoms with Crippen LogP contribution in [0.25, 0.3) is 5.57 Å². The Morgan fingerprint density at radius 2 is 2.27 bits per heavy atom. The fourth-order valence-electron chi connectivity index (χ4n) is 1.84. The van der Waals surface area contributed by atoms with E-state index in [4.69, 9.17) is 0 Å². The van der Waals surface area contributed by atoms with E-state index in [1.165, 1.54) is 18.2 Å². The van der Waals surface area contributed by atoms with Gasteiger partial charge in [-0.05, 0) is 41.7 Å². The molecule has 0 N–H and O–H groups in total. The second-order valence-corrected chi connectivity index (χ2v) is 4.41. The van der Waals surface area contributed by atoms with E-state index in [9.17, 15) is 4.79 Å². The number of rotatable bonds is 1. The van der Waals surface area contributed by atoms with E-state index in [1.807, 2.05) is 12.1 Å². The molecule has 0 radical (unpaired) electrons. The fraction of sp³-hybridized carbons (Fsp3) is 0.250. The first-order chi connectivity index (χ1) is 7.20. The highest BCUT2D eigenvalue weighted by atomic mass is 79.9. The van der Waals surface area contributed by atoms with Gasteiger partial charge in [-0.25, -0.2) is 4.79 Å². The minimum Gasteiger partial charge on any atom is -0.466 e. The largest absolute Gasteiger partial charge is 0.466 e. The summed E-state index contributed by atoms with van der Waals surface area (Å²) in [5.74, 6) is -0.277. The molecule has 0 fully saturated rings. The lowest BCUT2D eigenvalue weighted by Gasteiger charge is -2.01. The molecule has 0 unspecified atom stereocenters. The quantitative estimate of drug-likeness (QED) is 0.577. The van der Waals surface area contributed by atoms with Gasteiger partial charge in [0, 0.05) is 10.5 Å². The maximum absolute atomic E-state index is 11.1. The van der Waals surface area contributed by atoms with Crippen LogP contribution in [0.2, 0.25) is 0 Å². The van der Waals surface area contributed by atoms with Crippen LogP contribution in [0, 0.1) is 0 Å². The van der Waals surface area contributed by atoms with Crippen molar-refractivity contribution in [1.82, 2.24) is 0 Å². The number of carbonyl (C=O) groups excluding carboxylic acids is 1. The van der Waals surface area contributed by atoms with Crippen molar-refractivity contribution in [2.75, 3.05) is 7.11 Å². The molecule has 0 atom stereocenters. The van der Waals surface area contributed by atoms with Crippen molar-refractivity contribution < 1.29 is 9.53 Å². The number of fused-ring (bicyclic) bond motifs is 1. The summed E-state index contributed by atoms with van der Waals surface area (Å²) in [4.78, 5) is 11.1. The average Bonchev–Trinajstić information content (AvgIpc) is 2.60. The van der Waals surface area contributed by atoms with Crippen LogP contribution in [0.4, 0.5) is 0 Å². The molecule has 0 aliphatic heterocycles. The van der Waals surface area contributed by atoms with E-state index in [0.29, 0.717) is 0 Å². The van der Waals surface area contributed by atoms with Crippen molar-refractivity contribution in [1.29, 1.82) is 0 Å². The molecular formula is C12H11BrO2. The zero-order chi connectivity index (χ0) is 10.8. The summed E-state index contributed by atoms with van der Waals surface area (Å²) >= 11 is 3.44. The molecule has 0 saturated heterocycles. The summed E-state index contributed by atoms with van der Waals surface area (Å²) in [6, 6.07) is 6.14. The number of hydrogen-bond donors (Lipinski definition) is 0. The molecule has 78 valence electrons. The lowest BCUT2D eigenvalue weighted by molar-refractivity contribution is -0.134. The van der Waals surface area contributed by atoms with Gasteiger partial charge in [-0.1, -0.05) is 22.0 Å². The fourth-order valence-corrected chi connectivity index (χ4v) is 2.25. The lowest BCUT2D eigenvalue weighted by Crippen LogP contribution is -1.95. The first-order valence-corrected chi connectivity index (χ1v) is 5.57. The SMILES string of the molecule is COC(=O)/C=C1/CCc2cc(Br)ccc21. The molecule has 1 aliphatic carbocycles. The van der Waals surface area contributed by atoms with Gasteiger partial charge in [0.1, 0.15) is 0 Å². The molecule has 0 amide bonds. The highest BCUT2D eigenvalue weighted by molar-refractivity contribution is 9.10. The minimum atomic E-state index is -0.277. The number of carbonyl (C=O) groups is 1. The number of halogens is 1. The van der Waals surface area contributed by atoms with E-state index < -0.39 is 0 Å². The van der Waals surface area contributed by atoms with Crippen molar-refractivity contribution in [3.05, 3.63) is 39.9 Å². The van der Waals surface area contributed by atoms with Crippen LogP contribution in [0.1, 0.15) is 17.5 Å². The summed E-state index contributed by atoms with van der Waals surface area (Å²) in [6.07, 6.45) is 3.50. The van der Waals surface area contributed by atoms with Crippen LogP contribution >= 0.6 is 15.9 Å². The Labute approximate surface area is 97.1 Å². The summed E-state index contributed by atoms with van der Waals surface area (Å²) in [7, 11) is 1.40. The minimum absolute atomic E-state index is 0.277. The molecule has 0 saturated carbocycles. The van der Waals surface area contributed by atoms with Gasteiger partial charge >= 0.3 is 5.97 Å². The molecule has 0 aromatic heterocycles. The summed E-state index contributed by atoms with van der Waals surface area (Å²) in [6.45, 7) is 0. The molecule has 0 bridgehead atoms. The van der Waals surface area contributed by atoms with Crippen LogP contribution in [-0.4, -0.2) is 13.1 Å². The summed E-state index contributed by atoms with van der Waals surface area (Å²) in [5, 5.41) is 0. The van der Waals surface area contributed by atoms with Crippen LogP contribution < -0.4 is 0 Å². The van der Waals surface area contributed by atoms with Gasteiger partial charge < -0.3 is 4.74 Å². The van der Waals surface area contributed by atoms with E-state index in [-0.39, 0.29) is 5.97 Å². The smallest absolute Gasteiger partial charge is 0.330 e. The monoisotopic (exact) mass is 266 g/mol. The van der Waals surface area contributed by atoms with Gasteiger partial charge in [0.25, 0.3) is 0 Å². The molecular weight excluding hydrogens is 256 g/mol. The molecule has 1 aromatic carbocycles. The third-order valence-corrected chi connectivity index (χ3v) is 3.06. The molecule has 3 heteroatoms. The van der Waals surface area contributed by atoms with Crippen molar-refractivity contribution >= 4 is 27.5 Å². The van der Waals surface area contributed by atoms with E-state index in [1.54, 1.807) is 6.08 Å². The molecule has 1 aromatic rings. The lowest BCUT2D eigenvalue weighted by atomic mass is 10.1. The number of hydrogen-bond acceptors (Lipinski definition) is 2. The molecule has 2 nitrogen and oxygen atoms in total. The zero-order valence-electron chi connectivity index (χ0n) is 8.42. The van der Waals surface area contributed by atoms with Gasteiger partial charge in [-0.2, -0.15) is 0 Å². The molecule has 2 rings (SSSR count). The number of benzene rings is 1. The topological polar surface area (TPSA) is 26.3 Å². The van der Waals surface area contributed by atoms with Crippen LogP contribution in [0.15, 0.2) is 28.7 Å². The molecule has 15 heavy (non-hydrogen) atoms. The highest BCUT2D eigenvalue weighted by Gasteiger charge is 2.17. The predicted octanol–water partition coefficient (Wildman–Crippen LogP) is 2.95. The Kier molecular flexibility index (Phi) is 2.91. The highest BCUT2D eigenvalue weighted by Crippen LogP contribution is 2.33. The third-order valence-electron chi connectivity index (χ3n) is 2.57. The van der Waals surface area contributed by atoms with Gasteiger partial charge in [0.05, 0.1) is 7.11 Å². The van der Waals surface area contributed by atoms with Crippen molar-refractivity contribution in [3.63, 3.8) is 0 Å². The van der Waals surface area contributed by atoms with Crippen LogP contribution in [0.3, 0.4) is 0 Å². The number of aryl methyl sites for hydroxylation is 1. The van der Waals surface area contributed by atoms with E-state index >= 15 is 0 Å². The maximum atomic E-state index is 11.1. The Balaban J connectivity index is 2.37. The normalized spacial score (nSPS) is 16.5. The first kappa shape index (κ1) is 10.4. The number of allylic oxidation sites excluding steroid dienone is 1. The van der Waals surface area contributed by atoms with E-state index in [0.717, 1.165) is 22.9 Å². The van der Waals surface area contributed by atoms with Gasteiger partial charge in [0.15, 0.2) is 0 Å². The summed E-state index contributed by atoms with van der Waals surface area (Å²) < 4.78 is 5.71. The van der Waals surface area contributed by atoms with Crippen molar-refractivity contribution in [3.8, 4) is 0 Å². The number of esters is 1. The second-order valence-electron chi connectivity index (χ2n) is 3.49. The Bertz CT molecular complexity index is 435. The molecule has 0 spiro atoms.